The Bertz CT molecular complexity index is 292. The van der Waals surface area contributed by atoms with Gasteiger partial charge in [-0.05, 0) is 36.9 Å². The zero-order valence-electron chi connectivity index (χ0n) is 11.0. The van der Waals surface area contributed by atoms with Crippen LogP contribution < -0.4 is 5.32 Å². The number of nitrogens with one attached hydrogen (secondary N) is 1. The van der Waals surface area contributed by atoms with Gasteiger partial charge in [-0.15, -0.1) is 0 Å². The van der Waals surface area contributed by atoms with Crippen molar-refractivity contribution in [1.29, 1.82) is 0 Å². The molecule has 1 rings (SSSR count). The molecule has 96 valence electrons. The molecular formula is C13H23N3O. The first-order valence-electron chi connectivity index (χ1n) is 6.28. The molecular weight excluding hydrogens is 214 g/mol. The van der Waals surface area contributed by atoms with E-state index in [4.69, 9.17) is 4.74 Å². The second-order valence-corrected chi connectivity index (χ2v) is 4.37. The summed E-state index contributed by atoms with van der Waals surface area (Å²) >= 11 is 0. The van der Waals surface area contributed by atoms with Crippen LogP contribution in [0.3, 0.4) is 0 Å². The minimum Gasteiger partial charge on any atom is -0.385 e. The zero-order valence-corrected chi connectivity index (χ0v) is 11.0. The molecule has 0 aliphatic heterocycles. The van der Waals surface area contributed by atoms with Crippen molar-refractivity contribution in [2.75, 3.05) is 20.3 Å². The van der Waals surface area contributed by atoms with Gasteiger partial charge in [-0.2, -0.15) is 10.2 Å². The average Bonchev–Trinajstić information content (AvgIpc) is 2.38. The molecule has 0 bridgehead atoms. The molecule has 0 saturated heterocycles. The molecule has 0 aliphatic rings. The summed E-state index contributed by atoms with van der Waals surface area (Å²) in [4.78, 5) is 0. The quantitative estimate of drug-likeness (QED) is 0.753. The Labute approximate surface area is 104 Å². The van der Waals surface area contributed by atoms with Gasteiger partial charge in [-0.25, -0.2) is 0 Å². The van der Waals surface area contributed by atoms with Crippen molar-refractivity contribution in [2.45, 2.75) is 32.7 Å². The normalized spacial score (nSPS) is 14.5. The largest absolute Gasteiger partial charge is 0.385 e. The highest BCUT2D eigenvalue weighted by molar-refractivity contribution is 5.12. The lowest BCUT2D eigenvalue weighted by Gasteiger charge is -2.25. The fourth-order valence-corrected chi connectivity index (χ4v) is 1.90. The van der Waals surface area contributed by atoms with Gasteiger partial charge in [-0.3, -0.25) is 0 Å². The van der Waals surface area contributed by atoms with E-state index >= 15 is 0 Å². The summed E-state index contributed by atoms with van der Waals surface area (Å²) in [5, 5.41) is 11.4. The van der Waals surface area contributed by atoms with Gasteiger partial charge in [0.05, 0.1) is 6.20 Å². The van der Waals surface area contributed by atoms with Crippen molar-refractivity contribution in [2.24, 2.45) is 5.92 Å². The molecule has 0 fully saturated rings. The maximum atomic E-state index is 5.15. The minimum absolute atomic E-state index is 0.334. The predicted octanol–water partition coefficient (Wildman–Crippen LogP) is 2.19. The van der Waals surface area contributed by atoms with Crippen molar-refractivity contribution in [3.05, 3.63) is 24.0 Å². The van der Waals surface area contributed by atoms with Gasteiger partial charge in [0.1, 0.15) is 0 Å². The van der Waals surface area contributed by atoms with Crippen LogP contribution in [0.25, 0.3) is 0 Å². The van der Waals surface area contributed by atoms with Crippen molar-refractivity contribution in [3.63, 3.8) is 0 Å². The third kappa shape index (κ3) is 4.79. The smallest absolute Gasteiger partial charge is 0.0544 e. The Balaban J connectivity index is 2.66. The first kappa shape index (κ1) is 14.1. The summed E-state index contributed by atoms with van der Waals surface area (Å²) in [6, 6.07) is 2.37. The van der Waals surface area contributed by atoms with Crippen molar-refractivity contribution >= 4 is 0 Å². The molecule has 0 spiro atoms. The molecule has 1 heterocycles. The van der Waals surface area contributed by atoms with E-state index in [0.29, 0.717) is 12.0 Å². The fraction of sp³-hybridized carbons (Fsp3) is 0.692. The second-order valence-electron chi connectivity index (χ2n) is 4.37. The van der Waals surface area contributed by atoms with Crippen LogP contribution in [0, 0.1) is 5.92 Å². The standard InChI is InChI=1S/C13H23N3O/c1-4-7-14-13(11(2)6-9-17-3)12-5-8-15-16-10-12/h5,8,10-11,13-14H,4,6-7,9H2,1-3H3. The van der Waals surface area contributed by atoms with E-state index in [9.17, 15) is 0 Å². The monoisotopic (exact) mass is 237 g/mol. The number of aromatic nitrogens is 2. The topological polar surface area (TPSA) is 47.0 Å². The Kier molecular flexibility index (Phi) is 6.74. The summed E-state index contributed by atoms with van der Waals surface area (Å²) in [6.07, 6.45) is 5.77. The van der Waals surface area contributed by atoms with Crippen LogP contribution in [0.5, 0.6) is 0 Å². The van der Waals surface area contributed by atoms with Crippen LogP contribution in [0.2, 0.25) is 0 Å². The Hall–Kier alpha value is -1.00. The molecule has 0 aromatic carbocycles. The van der Waals surface area contributed by atoms with E-state index in [-0.39, 0.29) is 0 Å². The first-order valence-corrected chi connectivity index (χ1v) is 6.28. The molecule has 2 atom stereocenters. The Morgan fingerprint density at radius 1 is 1.41 bits per heavy atom. The summed E-state index contributed by atoms with van der Waals surface area (Å²) in [7, 11) is 1.75. The Morgan fingerprint density at radius 2 is 2.24 bits per heavy atom. The zero-order chi connectivity index (χ0) is 12.5. The van der Waals surface area contributed by atoms with E-state index in [1.165, 1.54) is 5.56 Å². The molecule has 2 unspecified atom stereocenters. The summed E-state index contributed by atoms with van der Waals surface area (Å²) < 4.78 is 5.15. The third-order valence-corrected chi connectivity index (χ3v) is 2.93. The SMILES string of the molecule is CCCNC(c1ccnnc1)C(C)CCOC. The number of nitrogens with zero attached hydrogens (tertiary/aromatic N) is 2. The molecule has 4 nitrogen and oxygen atoms in total. The van der Waals surface area contributed by atoms with Crippen molar-refractivity contribution in [1.82, 2.24) is 15.5 Å². The van der Waals surface area contributed by atoms with E-state index in [1.54, 1.807) is 13.3 Å². The second kappa shape index (κ2) is 8.14. The highest BCUT2D eigenvalue weighted by atomic mass is 16.5. The maximum Gasteiger partial charge on any atom is 0.0544 e. The van der Waals surface area contributed by atoms with Crippen molar-refractivity contribution in [3.8, 4) is 0 Å². The molecule has 0 aliphatic carbocycles. The van der Waals surface area contributed by atoms with Crippen LogP contribution in [0.4, 0.5) is 0 Å². The lowest BCUT2D eigenvalue weighted by molar-refractivity contribution is 0.170. The van der Waals surface area contributed by atoms with Gasteiger partial charge in [0.15, 0.2) is 0 Å². The van der Waals surface area contributed by atoms with Crippen LogP contribution in [0.1, 0.15) is 38.3 Å². The maximum absolute atomic E-state index is 5.15. The van der Waals surface area contributed by atoms with Gasteiger partial charge in [0.25, 0.3) is 0 Å². The van der Waals surface area contributed by atoms with E-state index in [1.807, 2.05) is 12.3 Å². The molecule has 0 saturated carbocycles. The summed E-state index contributed by atoms with van der Waals surface area (Å²) in [5.74, 6) is 0.519. The van der Waals surface area contributed by atoms with Crippen molar-refractivity contribution < 1.29 is 4.74 Å². The molecule has 17 heavy (non-hydrogen) atoms. The summed E-state index contributed by atoms with van der Waals surface area (Å²) in [5.41, 5.74) is 1.21. The van der Waals surface area contributed by atoms with Gasteiger partial charge in [0, 0.05) is 26.0 Å². The van der Waals surface area contributed by atoms with Crippen LogP contribution in [-0.4, -0.2) is 30.5 Å². The molecule has 1 aromatic rings. The number of ether oxygens (including phenoxy) is 1. The fourth-order valence-electron chi connectivity index (χ4n) is 1.90. The highest BCUT2D eigenvalue weighted by Crippen LogP contribution is 2.23. The lowest BCUT2D eigenvalue weighted by atomic mass is 9.93. The Morgan fingerprint density at radius 3 is 2.82 bits per heavy atom. The number of hydrogen-bond acceptors (Lipinski definition) is 4. The highest BCUT2D eigenvalue weighted by Gasteiger charge is 2.18. The van der Waals surface area contributed by atoms with Gasteiger partial charge < -0.3 is 10.1 Å². The minimum atomic E-state index is 0.334. The molecule has 0 amide bonds. The van der Waals surface area contributed by atoms with Gasteiger partial charge in [-0.1, -0.05) is 13.8 Å². The molecule has 4 heteroatoms. The number of hydrogen-bond donors (Lipinski definition) is 1. The van der Waals surface area contributed by atoms with Gasteiger partial charge in [0.2, 0.25) is 0 Å². The molecule has 1 aromatic heterocycles. The van der Waals surface area contributed by atoms with E-state index in [0.717, 1.165) is 26.0 Å². The third-order valence-electron chi connectivity index (χ3n) is 2.93. The molecule has 0 radical (unpaired) electrons. The first-order chi connectivity index (χ1) is 8.29. The summed E-state index contributed by atoms with van der Waals surface area (Å²) in [6.45, 7) is 6.23. The van der Waals surface area contributed by atoms with Crippen LogP contribution >= 0.6 is 0 Å². The average molecular weight is 237 g/mol. The number of rotatable bonds is 8. The number of methoxy groups -OCH3 is 1. The lowest BCUT2D eigenvalue weighted by Crippen LogP contribution is -2.28. The van der Waals surface area contributed by atoms with Gasteiger partial charge >= 0.3 is 0 Å². The van der Waals surface area contributed by atoms with E-state index < -0.39 is 0 Å². The van der Waals surface area contributed by atoms with Crippen LogP contribution in [0.15, 0.2) is 18.5 Å². The van der Waals surface area contributed by atoms with Crippen LogP contribution in [-0.2, 0) is 4.74 Å². The predicted molar refractivity (Wildman–Crippen MR) is 68.7 cm³/mol. The van der Waals surface area contributed by atoms with E-state index in [2.05, 4.69) is 29.4 Å². The molecule has 1 N–H and O–H groups in total.